The van der Waals surface area contributed by atoms with Crippen molar-refractivity contribution in [1.82, 2.24) is 10.4 Å². The second-order valence-electron chi connectivity index (χ2n) is 7.19. The number of aliphatic imine (C=N–C) groups is 2. The molecule has 1 aromatic carbocycles. The van der Waals surface area contributed by atoms with Gasteiger partial charge in [-0.1, -0.05) is 12.8 Å². The predicted octanol–water partition coefficient (Wildman–Crippen LogP) is 2.33. The van der Waals surface area contributed by atoms with Crippen LogP contribution < -0.4 is 11.2 Å². The van der Waals surface area contributed by atoms with E-state index in [1.54, 1.807) is 18.2 Å². The third-order valence-electron chi connectivity index (χ3n) is 5.50. The summed E-state index contributed by atoms with van der Waals surface area (Å²) in [4.78, 5) is 21.0. The van der Waals surface area contributed by atoms with Gasteiger partial charge in [0.05, 0.1) is 29.4 Å². The van der Waals surface area contributed by atoms with Gasteiger partial charge in [-0.05, 0) is 37.1 Å². The van der Waals surface area contributed by atoms with E-state index in [1.807, 2.05) is 5.01 Å². The van der Waals surface area contributed by atoms with Crippen LogP contribution in [-0.4, -0.2) is 29.0 Å². The molecule has 1 unspecified atom stereocenters. The van der Waals surface area contributed by atoms with Crippen molar-refractivity contribution in [3.05, 3.63) is 41.4 Å². The minimum Gasteiger partial charge on any atom is -0.326 e. The highest BCUT2D eigenvalue weighted by Gasteiger charge is 2.45. The van der Waals surface area contributed by atoms with Crippen LogP contribution in [0.3, 0.4) is 0 Å². The Morgan fingerprint density at radius 1 is 1.39 bits per heavy atom. The number of allylic oxidation sites excluding steroid dienone is 1. The highest BCUT2D eigenvalue weighted by Crippen LogP contribution is 2.36. The Bertz CT molecular complexity index is 931. The first kappa shape index (κ1) is 18.3. The number of amides is 1. The molecule has 28 heavy (non-hydrogen) atoms. The molecule has 1 aromatic rings. The summed E-state index contributed by atoms with van der Waals surface area (Å²) in [6.07, 6.45) is 7.04. The number of benzene rings is 1. The van der Waals surface area contributed by atoms with Gasteiger partial charge in [0, 0.05) is 18.3 Å². The van der Waals surface area contributed by atoms with Gasteiger partial charge in [0.1, 0.15) is 17.6 Å². The van der Waals surface area contributed by atoms with Crippen LogP contribution in [-0.2, 0) is 11.3 Å². The van der Waals surface area contributed by atoms with Gasteiger partial charge in [0.2, 0.25) is 0 Å². The highest BCUT2D eigenvalue weighted by atomic mass is 19.1. The van der Waals surface area contributed by atoms with Gasteiger partial charge in [-0.2, -0.15) is 5.26 Å². The van der Waals surface area contributed by atoms with E-state index in [9.17, 15) is 14.4 Å². The molecule has 144 valence electrons. The number of hydrogen-bond acceptors (Lipinski definition) is 5. The summed E-state index contributed by atoms with van der Waals surface area (Å²) in [6.45, 7) is 0.0633. The molecule has 3 N–H and O–H groups in total. The van der Waals surface area contributed by atoms with Gasteiger partial charge < -0.3 is 5.73 Å². The minimum absolute atomic E-state index is 0.0349. The molecule has 2 fully saturated rings. The summed E-state index contributed by atoms with van der Waals surface area (Å²) in [5, 5.41) is 11.5. The van der Waals surface area contributed by atoms with Crippen LogP contribution in [0, 0.1) is 29.0 Å². The second-order valence-corrected chi connectivity index (χ2v) is 7.19. The van der Waals surface area contributed by atoms with Crippen molar-refractivity contribution in [2.45, 2.75) is 38.3 Å². The lowest BCUT2D eigenvalue weighted by Crippen LogP contribution is -2.46. The standard InChI is InChI=1S/C20H21FN6O/c21-15-6-5-14(9-13(15)11-23)25-19-18-17(7-8-24-20(18)28)27(26-19)16-4-2-1-3-12(16)10-22/h5-9,12,16,18H,1-4,11,23H2,(H,25,26)/t12-,16+,18?/m1/s1. The normalized spacial score (nSPS) is 28.0. The topological polar surface area (TPSA) is 107 Å². The molecule has 2 heterocycles. The van der Waals surface area contributed by atoms with Crippen molar-refractivity contribution >= 4 is 23.6 Å². The molecule has 4 rings (SSSR count). The molecule has 1 amide bonds. The summed E-state index contributed by atoms with van der Waals surface area (Å²) in [5.41, 5.74) is 10.4. The molecule has 1 saturated carbocycles. The maximum Gasteiger partial charge on any atom is 0.262 e. The Morgan fingerprint density at radius 2 is 2.21 bits per heavy atom. The average Bonchev–Trinajstić information content (AvgIpc) is 3.08. The van der Waals surface area contributed by atoms with E-state index in [0.29, 0.717) is 17.1 Å². The van der Waals surface area contributed by atoms with Crippen LogP contribution in [0.1, 0.15) is 31.2 Å². The molecular formula is C20H21FN6O. The number of nitriles is 1. The number of dihydropyridines is 1. The van der Waals surface area contributed by atoms with Gasteiger partial charge in [0.15, 0.2) is 0 Å². The lowest BCUT2D eigenvalue weighted by Gasteiger charge is -2.36. The third kappa shape index (κ3) is 3.18. The van der Waals surface area contributed by atoms with Crippen LogP contribution in [0.15, 0.2) is 40.0 Å². The molecule has 1 saturated heterocycles. The quantitative estimate of drug-likeness (QED) is 0.837. The molecule has 7 nitrogen and oxygen atoms in total. The zero-order valence-electron chi connectivity index (χ0n) is 15.3. The van der Waals surface area contributed by atoms with Crippen molar-refractivity contribution in [3.63, 3.8) is 0 Å². The minimum atomic E-state index is -0.641. The second kappa shape index (κ2) is 7.52. The maximum absolute atomic E-state index is 13.7. The summed E-state index contributed by atoms with van der Waals surface area (Å²) in [7, 11) is 0. The van der Waals surface area contributed by atoms with Gasteiger partial charge in [0.25, 0.3) is 5.91 Å². The van der Waals surface area contributed by atoms with E-state index in [1.165, 1.54) is 12.3 Å². The summed E-state index contributed by atoms with van der Waals surface area (Å²) in [6, 6.07) is 6.80. The zero-order valence-corrected chi connectivity index (χ0v) is 15.3. The molecular weight excluding hydrogens is 359 g/mol. The number of hydrazine groups is 1. The molecule has 0 bridgehead atoms. The molecule has 3 atom stereocenters. The molecule has 8 heteroatoms. The van der Waals surface area contributed by atoms with Crippen molar-refractivity contribution in [2.24, 2.45) is 27.6 Å². The Kier molecular flexibility index (Phi) is 4.92. The number of nitrogens with zero attached hydrogens (tertiary/aromatic N) is 4. The number of nitrogens with one attached hydrogen (secondary N) is 1. The van der Waals surface area contributed by atoms with Crippen LogP contribution in [0.25, 0.3) is 0 Å². The molecule has 1 aliphatic carbocycles. The Hall–Kier alpha value is -3.05. The first-order valence-corrected chi connectivity index (χ1v) is 9.43. The first-order chi connectivity index (χ1) is 13.6. The van der Waals surface area contributed by atoms with Crippen molar-refractivity contribution in [3.8, 4) is 6.07 Å². The number of carbonyl (C=O) groups is 1. The predicted molar refractivity (Wildman–Crippen MR) is 103 cm³/mol. The number of nitrogens with two attached hydrogens (primary N) is 1. The Balaban J connectivity index is 1.71. The van der Waals surface area contributed by atoms with Crippen LogP contribution in [0.5, 0.6) is 0 Å². The van der Waals surface area contributed by atoms with Crippen LogP contribution in [0.2, 0.25) is 0 Å². The number of rotatable bonds is 3. The highest BCUT2D eigenvalue weighted by molar-refractivity contribution is 6.12. The summed E-state index contributed by atoms with van der Waals surface area (Å²) < 4.78 is 13.7. The molecule has 0 radical (unpaired) electrons. The number of amidine groups is 1. The SMILES string of the molecule is N#C[C@H]1CCCC[C@@H]1N1NC(=Nc2ccc(F)c(CN)c2)C2C(=O)N=CC=C21. The average molecular weight is 380 g/mol. The molecule has 3 aliphatic rings. The molecule has 0 spiro atoms. The molecule has 0 aromatic heterocycles. The van der Waals surface area contributed by atoms with E-state index in [2.05, 4.69) is 21.5 Å². The largest absolute Gasteiger partial charge is 0.326 e. The van der Waals surface area contributed by atoms with Gasteiger partial charge in [-0.3, -0.25) is 15.2 Å². The first-order valence-electron chi connectivity index (χ1n) is 9.43. The molecule has 2 aliphatic heterocycles. The fourth-order valence-electron chi connectivity index (χ4n) is 4.07. The fourth-order valence-corrected chi connectivity index (χ4v) is 4.07. The van der Waals surface area contributed by atoms with Gasteiger partial charge in [-0.25, -0.2) is 14.4 Å². The maximum atomic E-state index is 13.7. The van der Waals surface area contributed by atoms with Gasteiger partial charge >= 0.3 is 0 Å². The van der Waals surface area contributed by atoms with Gasteiger partial charge in [-0.15, -0.1) is 0 Å². The van der Waals surface area contributed by atoms with Crippen LogP contribution >= 0.6 is 0 Å². The third-order valence-corrected chi connectivity index (χ3v) is 5.50. The number of halogens is 1. The van der Waals surface area contributed by atoms with E-state index in [-0.39, 0.29) is 30.2 Å². The van der Waals surface area contributed by atoms with Crippen molar-refractivity contribution in [1.29, 1.82) is 5.26 Å². The number of carbonyl (C=O) groups excluding carboxylic acids is 1. The van der Waals surface area contributed by atoms with E-state index >= 15 is 0 Å². The lowest BCUT2D eigenvalue weighted by molar-refractivity contribution is -0.119. The van der Waals surface area contributed by atoms with E-state index in [0.717, 1.165) is 31.4 Å². The number of fused-ring (bicyclic) bond motifs is 1. The monoisotopic (exact) mass is 380 g/mol. The zero-order chi connectivity index (χ0) is 19.7. The van der Waals surface area contributed by atoms with Crippen molar-refractivity contribution in [2.75, 3.05) is 0 Å². The van der Waals surface area contributed by atoms with Crippen LogP contribution in [0.4, 0.5) is 10.1 Å². The fraction of sp³-hybridized carbons (Fsp3) is 0.400. The van der Waals surface area contributed by atoms with E-state index < -0.39 is 5.92 Å². The lowest BCUT2D eigenvalue weighted by atomic mass is 9.84. The van der Waals surface area contributed by atoms with Crippen molar-refractivity contribution < 1.29 is 9.18 Å². The Labute approximate surface area is 162 Å². The Morgan fingerprint density at radius 3 is 3.00 bits per heavy atom. The number of hydrogen-bond donors (Lipinski definition) is 2. The smallest absolute Gasteiger partial charge is 0.262 e. The summed E-state index contributed by atoms with van der Waals surface area (Å²) in [5.74, 6) is -1.02. The van der Waals surface area contributed by atoms with E-state index in [4.69, 9.17) is 5.73 Å². The summed E-state index contributed by atoms with van der Waals surface area (Å²) >= 11 is 0.